The lowest BCUT2D eigenvalue weighted by molar-refractivity contribution is -0.150. The molecule has 0 spiro atoms. The molecule has 3 atom stereocenters. The average Bonchev–Trinajstić information content (AvgIpc) is 3.37. The first-order valence-electron chi connectivity index (χ1n) is 10.5. The molecule has 8 nitrogen and oxygen atoms in total. The molecule has 3 heterocycles. The van der Waals surface area contributed by atoms with Crippen LogP contribution in [0.25, 0.3) is 0 Å². The molecule has 178 valence electrons. The number of aliphatic carboxylic acids is 1. The van der Waals surface area contributed by atoms with Gasteiger partial charge in [0.05, 0.1) is 4.99 Å². The number of carboxylic acids is 1. The number of benzene rings is 1. The molecular weight excluding hydrogens is 513 g/mol. The van der Waals surface area contributed by atoms with Crippen molar-refractivity contribution in [3.05, 3.63) is 58.7 Å². The van der Waals surface area contributed by atoms with Gasteiger partial charge in [-0.15, -0.1) is 23.1 Å². The zero-order valence-electron chi connectivity index (χ0n) is 18.1. The molecule has 1 aromatic heterocycles. The summed E-state index contributed by atoms with van der Waals surface area (Å²) < 4.78 is 0.842. The molecule has 34 heavy (non-hydrogen) atoms. The summed E-state index contributed by atoms with van der Waals surface area (Å²) in [5.41, 5.74) is 1.40. The van der Waals surface area contributed by atoms with Crippen LogP contribution in [-0.2, 0) is 14.4 Å². The van der Waals surface area contributed by atoms with Crippen LogP contribution in [0.3, 0.4) is 0 Å². The van der Waals surface area contributed by atoms with Gasteiger partial charge in [-0.1, -0.05) is 61.2 Å². The highest BCUT2D eigenvalue weighted by atomic mass is 32.2. The number of thiazole rings is 1. The fourth-order valence-electron chi connectivity index (χ4n) is 3.67. The number of aromatic nitrogens is 1. The van der Waals surface area contributed by atoms with Crippen molar-refractivity contribution in [2.75, 3.05) is 11.5 Å². The van der Waals surface area contributed by atoms with Crippen LogP contribution >= 0.6 is 47.1 Å². The minimum Gasteiger partial charge on any atom is -0.477 e. The number of β-lactam (4-membered cyclic amide) rings is 1. The second kappa shape index (κ2) is 10.9. The van der Waals surface area contributed by atoms with Crippen LogP contribution < -0.4 is 10.6 Å². The quantitative estimate of drug-likeness (QED) is 0.254. The molecule has 1 saturated heterocycles. The van der Waals surface area contributed by atoms with Gasteiger partial charge < -0.3 is 15.7 Å². The second-order valence-electron chi connectivity index (χ2n) is 7.50. The monoisotopic (exact) mass is 534 g/mol. The minimum absolute atomic E-state index is 0.00759. The van der Waals surface area contributed by atoms with Gasteiger partial charge >= 0.3 is 5.97 Å². The summed E-state index contributed by atoms with van der Waals surface area (Å²) >= 11 is 9.67. The molecule has 1 aromatic carbocycles. The maximum atomic E-state index is 13.2. The Kier molecular flexibility index (Phi) is 7.91. The van der Waals surface area contributed by atoms with Crippen LogP contribution in [0, 0.1) is 0 Å². The van der Waals surface area contributed by atoms with Gasteiger partial charge in [0.25, 0.3) is 5.91 Å². The Morgan fingerprint density at radius 1 is 1.35 bits per heavy atom. The highest BCUT2D eigenvalue weighted by Crippen LogP contribution is 2.41. The summed E-state index contributed by atoms with van der Waals surface area (Å²) in [5.74, 6) is -1.06. The smallest absolute Gasteiger partial charge is 0.352 e. The molecule has 0 bridgehead atoms. The Morgan fingerprint density at radius 2 is 2.12 bits per heavy atom. The first kappa shape index (κ1) is 24.7. The van der Waals surface area contributed by atoms with Crippen molar-refractivity contribution >= 4 is 69.9 Å². The van der Waals surface area contributed by atoms with Crippen molar-refractivity contribution in [2.45, 2.75) is 35.1 Å². The predicted octanol–water partition coefficient (Wildman–Crippen LogP) is 3.04. The van der Waals surface area contributed by atoms with Crippen LogP contribution in [0.4, 0.5) is 0 Å². The van der Waals surface area contributed by atoms with Crippen molar-refractivity contribution in [1.29, 1.82) is 0 Å². The molecule has 2 amide bonds. The Hall–Kier alpha value is -2.41. The van der Waals surface area contributed by atoms with Gasteiger partial charge in [0.2, 0.25) is 5.91 Å². The van der Waals surface area contributed by atoms with E-state index in [1.165, 1.54) is 39.8 Å². The number of carboxylic acid groups (broad SMARTS) is 1. The molecule has 4 rings (SSSR count). The third-order valence-corrected chi connectivity index (χ3v) is 9.15. The van der Waals surface area contributed by atoms with Gasteiger partial charge in [-0.05, 0) is 17.6 Å². The van der Waals surface area contributed by atoms with Gasteiger partial charge in [-0.3, -0.25) is 14.5 Å². The predicted molar refractivity (Wildman–Crippen MR) is 138 cm³/mol. The van der Waals surface area contributed by atoms with Gasteiger partial charge in [0, 0.05) is 23.1 Å². The van der Waals surface area contributed by atoms with Crippen molar-refractivity contribution in [1.82, 2.24) is 20.5 Å². The summed E-state index contributed by atoms with van der Waals surface area (Å²) in [6.45, 7) is 1.89. The highest BCUT2D eigenvalue weighted by Gasteiger charge is 2.54. The summed E-state index contributed by atoms with van der Waals surface area (Å²) in [6, 6.07) is 7.59. The summed E-state index contributed by atoms with van der Waals surface area (Å²) in [5, 5.41) is 17.1. The molecule has 0 aliphatic carbocycles. The molecule has 2 aliphatic heterocycles. The molecule has 12 heteroatoms. The summed E-state index contributed by atoms with van der Waals surface area (Å²) in [4.78, 5) is 44.3. The average molecular weight is 535 g/mol. The Bertz CT molecular complexity index is 1120. The van der Waals surface area contributed by atoms with E-state index >= 15 is 0 Å². The third kappa shape index (κ3) is 5.14. The van der Waals surface area contributed by atoms with E-state index in [1.54, 1.807) is 6.20 Å². The first-order chi connectivity index (χ1) is 16.4. The lowest BCUT2D eigenvalue weighted by Gasteiger charge is -2.49. The highest BCUT2D eigenvalue weighted by molar-refractivity contribution is 8.01. The van der Waals surface area contributed by atoms with Crippen molar-refractivity contribution in [2.24, 2.45) is 0 Å². The van der Waals surface area contributed by atoms with Crippen molar-refractivity contribution in [3.63, 3.8) is 0 Å². The maximum absolute atomic E-state index is 13.2. The number of thiocarbonyl (C=S) groups is 1. The maximum Gasteiger partial charge on any atom is 0.352 e. The Balaban J connectivity index is 1.49. The van der Waals surface area contributed by atoms with Crippen LogP contribution in [0.15, 0.2) is 57.5 Å². The van der Waals surface area contributed by atoms with E-state index in [0.29, 0.717) is 28.5 Å². The van der Waals surface area contributed by atoms with E-state index in [0.717, 1.165) is 9.90 Å². The van der Waals surface area contributed by atoms with E-state index in [9.17, 15) is 19.5 Å². The Labute approximate surface area is 214 Å². The number of carbonyl (C=O) groups excluding carboxylic acids is 2. The molecule has 2 aliphatic rings. The molecule has 0 saturated carbocycles. The van der Waals surface area contributed by atoms with Crippen molar-refractivity contribution in [3.8, 4) is 0 Å². The fraction of sp³-hybridized carbons (Fsp3) is 0.318. The van der Waals surface area contributed by atoms with E-state index < -0.39 is 29.3 Å². The van der Waals surface area contributed by atoms with Gasteiger partial charge in [-0.2, -0.15) is 0 Å². The summed E-state index contributed by atoms with van der Waals surface area (Å²) in [7, 11) is 0. The van der Waals surface area contributed by atoms with Gasteiger partial charge in [-0.25, -0.2) is 9.78 Å². The van der Waals surface area contributed by atoms with Gasteiger partial charge in [0.1, 0.15) is 27.5 Å². The van der Waals surface area contributed by atoms with E-state index in [4.69, 9.17) is 12.2 Å². The zero-order valence-corrected chi connectivity index (χ0v) is 21.4. The molecule has 0 radical (unpaired) electrons. The number of carbonyl (C=O) groups is 3. The van der Waals surface area contributed by atoms with E-state index in [1.807, 2.05) is 42.6 Å². The van der Waals surface area contributed by atoms with Crippen LogP contribution in [-0.4, -0.2) is 60.7 Å². The van der Waals surface area contributed by atoms with Crippen LogP contribution in [0.5, 0.6) is 0 Å². The SMILES string of the molecule is CCC(=S)NC(C(=O)NC1C(=O)N2C(C(=O)O)=C(CSc3nccs3)CS[C@H]12)c1ccccc1. The largest absolute Gasteiger partial charge is 0.477 e. The third-order valence-electron chi connectivity index (χ3n) is 5.35. The number of fused-ring (bicyclic) bond motifs is 1. The first-order valence-corrected chi connectivity index (χ1v) is 13.8. The molecular formula is C22H22N4O4S4. The number of nitrogens with one attached hydrogen (secondary N) is 2. The number of thioether (sulfide) groups is 2. The minimum atomic E-state index is -1.14. The second-order valence-corrected chi connectivity index (χ2v) is 11.2. The number of rotatable bonds is 9. The lowest BCUT2D eigenvalue weighted by Crippen LogP contribution is -2.71. The van der Waals surface area contributed by atoms with E-state index in [-0.39, 0.29) is 11.6 Å². The number of hydrogen-bond donors (Lipinski definition) is 3. The standard InChI is InChI=1S/C22H22N4O4S4/c1-2-14(31)24-15(12-6-4-3-5-7-12)18(27)25-16-19(28)26-17(21(29)30)13(10-33-20(16)26)11-34-22-23-8-9-32-22/h3-9,15-16,20H,2,10-11H2,1H3,(H,24,31)(H,25,27)(H,29,30)/t15?,16?,20-/m1/s1. The van der Waals surface area contributed by atoms with Gasteiger partial charge in [0.15, 0.2) is 0 Å². The summed E-state index contributed by atoms with van der Waals surface area (Å²) in [6.07, 6.45) is 2.28. The number of hydrogen-bond acceptors (Lipinski definition) is 8. The molecule has 3 N–H and O–H groups in total. The molecule has 2 aromatic rings. The zero-order chi connectivity index (χ0) is 24.2. The van der Waals surface area contributed by atoms with E-state index in [2.05, 4.69) is 15.6 Å². The molecule has 2 unspecified atom stereocenters. The normalized spacial score (nSPS) is 20.3. The van der Waals surface area contributed by atoms with Crippen molar-refractivity contribution < 1.29 is 19.5 Å². The number of amides is 2. The topological polar surface area (TPSA) is 112 Å². The lowest BCUT2D eigenvalue weighted by atomic mass is 10.0. The molecule has 1 fully saturated rings. The fourth-order valence-corrected chi connectivity index (χ4v) is 6.91. The number of nitrogens with zero attached hydrogens (tertiary/aromatic N) is 2. The van der Waals surface area contributed by atoms with Crippen LogP contribution in [0.2, 0.25) is 0 Å². The van der Waals surface area contributed by atoms with Crippen LogP contribution in [0.1, 0.15) is 24.9 Å². The Morgan fingerprint density at radius 3 is 2.76 bits per heavy atom.